The molecule has 2 aromatic carbocycles. The van der Waals surface area contributed by atoms with Gasteiger partial charge in [0.25, 0.3) is 0 Å². The lowest BCUT2D eigenvalue weighted by atomic mass is 9.60. The van der Waals surface area contributed by atoms with Crippen LogP contribution in [0, 0.1) is 0 Å². The molecule has 0 fully saturated rings. The summed E-state index contributed by atoms with van der Waals surface area (Å²) in [5.41, 5.74) is 9.27. The third kappa shape index (κ3) is 2.58. The molecule has 0 amide bonds. The lowest BCUT2D eigenvalue weighted by molar-refractivity contribution is 1.63. The summed E-state index contributed by atoms with van der Waals surface area (Å²) in [5.74, 6) is 0. The molecule has 0 unspecified atom stereocenters. The zero-order chi connectivity index (χ0) is 14.3. The first-order chi connectivity index (χ1) is 8.84. The van der Waals surface area contributed by atoms with E-state index in [4.69, 9.17) is 11.6 Å². The number of halogens is 2. The Bertz CT molecular complexity index is 643. The van der Waals surface area contributed by atoms with E-state index in [1.807, 2.05) is 18.2 Å². The first-order valence-electron chi connectivity index (χ1n) is 6.37. The number of hydrogen-bond acceptors (Lipinski definition) is 0. The zero-order valence-electron chi connectivity index (χ0n) is 12.0. The molecular weight excluding hydrogens is 314 g/mol. The van der Waals surface area contributed by atoms with Crippen LogP contribution in [-0.4, -0.2) is 39.2 Å². The second kappa shape index (κ2) is 5.50. The van der Waals surface area contributed by atoms with Crippen LogP contribution in [0.1, 0.15) is 0 Å². The van der Waals surface area contributed by atoms with Gasteiger partial charge in [-0.2, -0.15) is 0 Å². The standard InChI is InChI=1S/C12H13B5BrCl/c13-8-7(5-3-4(19)1-2-6(5)18)9(14)11(16)12(17)10(8)15/h1-3H,13-17H2. The molecule has 19 heavy (non-hydrogen) atoms. The monoisotopic (exact) mass is 326 g/mol. The molecule has 2 rings (SSSR count). The number of benzene rings is 2. The summed E-state index contributed by atoms with van der Waals surface area (Å²) in [6.45, 7) is 0. The maximum atomic E-state index is 6.16. The van der Waals surface area contributed by atoms with Crippen LogP contribution in [0.4, 0.5) is 0 Å². The number of hydrogen-bond donors (Lipinski definition) is 0. The Hall–Kier alpha value is -0.465. The summed E-state index contributed by atoms with van der Waals surface area (Å²) < 4.78 is 1.09. The van der Waals surface area contributed by atoms with Gasteiger partial charge in [-0.3, -0.25) is 0 Å². The van der Waals surface area contributed by atoms with Crippen molar-refractivity contribution in [2.75, 3.05) is 0 Å². The molecule has 2 aromatic rings. The summed E-state index contributed by atoms with van der Waals surface area (Å²) >= 11 is 9.81. The lowest BCUT2D eigenvalue weighted by Gasteiger charge is -2.21. The summed E-state index contributed by atoms with van der Waals surface area (Å²) in [7, 11) is 11.0. The highest BCUT2D eigenvalue weighted by Gasteiger charge is 2.14. The summed E-state index contributed by atoms with van der Waals surface area (Å²) in [6, 6.07) is 5.96. The minimum atomic E-state index is 0.771. The van der Waals surface area contributed by atoms with Gasteiger partial charge in [-0.15, -0.1) is 16.4 Å². The van der Waals surface area contributed by atoms with Crippen molar-refractivity contribution >= 4 is 94.1 Å². The molecule has 0 heterocycles. The van der Waals surface area contributed by atoms with Crippen LogP contribution in [0.25, 0.3) is 11.1 Å². The average molecular weight is 327 g/mol. The lowest BCUT2D eigenvalue weighted by Crippen LogP contribution is -2.55. The molecule has 7 heteroatoms. The fourth-order valence-corrected chi connectivity index (χ4v) is 3.21. The largest absolute Gasteiger partial charge is 0.139 e. The fourth-order valence-electron chi connectivity index (χ4n) is 2.59. The zero-order valence-corrected chi connectivity index (χ0v) is 14.3. The maximum Gasteiger partial charge on any atom is 0.139 e. The summed E-state index contributed by atoms with van der Waals surface area (Å²) in [4.78, 5) is 0. The minimum Gasteiger partial charge on any atom is -0.102 e. The highest BCUT2D eigenvalue weighted by molar-refractivity contribution is 9.10. The van der Waals surface area contributed by atoms with Crippen LogP contribution in [0.2, 0.25) is 5.02 Å². The van der Waals surface area contributed by atoms with Crippen LogP contribution in [0.3, 0.4) is 0 Å². The van der Waals surface area contributed by atoms with Crippen molar-refractivity contribution < 1.29 is 0 Å². The normalized spacial score (nSPS) is 10.6. The van der Waals surface area contributed by atoms with Gasteiger partial charge < -0.3 is 0 Å². The Morgan fingerprint density at radius 2 is 1.26 bits per heavy atom. The average Bonchev–Trinajstić information content (AvgIpc) is 2.38. The van der Waals surface area contributed by atoms with Gasteiger partial charge in [0.05, 0.1) is 0 Å². The predicted molar refractivity (Wildman–Crippen MR) is 105 cm³/mol. The van der Waals surface area contributed by atoms with Crippen molar-refractivity contribution in [2.45, 2.75) is 0 Å². The molecule has 0 aromatic heterocycles. The Labute approximate surface area is 132 Å². The van der Waals surface area contributed by atoms with Gasteiger partial charge in [-0.05, 0) is 29.3 Å². The van der Waals surface area contributed by atoms with E-state index < -0.39 is 0 Å². The molecule has 0 radical (unpaired) electrons. The Balaban J connectivity index is 2.87. The van der Waals surface area contributed by atoms with Crippen LogP contribution in [-0.2, 0) is 0 Å². The third-order valence-electron chi connectivity index (χ3n) is 4.20. The van der Waals surface area contributed by atoms with Gasteiger partial charge in [-0.1, -0.05) is 38.5 Å². The van der Waals surface area contributed by atoms with Crippen LogP contribution < -0.4 is 27.3 Å². The summed E-state index contributed by atoms with van der Waals surface area (Å²) in [5, 5.41) is 0.771. The second-order valence-electron chi connectivity index (χ2n) is 5.12. The fraction of sp³-hybridized carbons (Fsp3) is 0. The highest BCUT2D eigenvalue weighted by Crippen LogP contribution is 2.28. The van der Waals surface area contributed by atoms with Crippen molar-refractivity contribution in [3.63, 3.8) is 0 Å². The van der Waals surface area contributed by atoms with Crippen LogP contribution in [0.15, 0.2) is 22.7 Å². The second-order valence-corrected chi connectivity index (χ2v) is 6.41. The molecule has 0 saturated carbocycles. The van der Waals surface area contributed by atoms with Gasteiger partial charge in [0.1, 0.15) is 39.2 Å². The van der Waals surface area contributed by atoms with Gasteiger partial charge >= 0.3 is 0 Å². The predicted octanol–water partition coefficient (Wildman–Crippen LogP) is -3.94. The molecule has 0 nitrogen and oxygen atoms in total. The molecule has 0 aliphatic rings. The van der Waals surface area contributed by atoms with E-state index in [-0.39, 0.29) is 0 Å². The third-order valence-corrected chi connectivity index (χ3v) is 5.12. The van der Waals surface area contributed by atoms with E-state index in [9.17, 15) is 0 Å². The van der Waals surface area contributed by atoms with Crippen molar-refractivity contribution in [2.24, 2.45) is 0 Å². The van der Waals surface area contributed by atoms with Gasteiger partial charge in [0, 0.05) is 9.50 Å². The molecule has 0 spiro atoms. The maximum absolute atomic E-state index is 6.16. The van der Waals surface area contributed by atoms with E-state index in [0.717, 1.165) is 9.50 Å². The first kappa shape index (κ1) is 14.9. The molecule has 0 atom stereocenters. The van der Waals surface area contributed by atoms with Crippen LogP contribution in [0.5, 0.6) is 0 Å². The smallest absolute Gasteiger partial charge is 0.102 e. The molecule has 0 N–H and O–H groups in total. The number of rotatable bonds is 1. The van der Waals surface area contributed by atoms with E-state index in [1.54, 1.807) is 0 Å². The molecule has 0 saturated heterocycles. The van der Waals surface area contributed by atoms with Crippen molar-refractivity contribution in [3.05, 3.63) is 27.7 Å². The van der Waals surface area contributed by atoms with Crippen molar-refractivity contribution in [1.82, 2.24) is 0 Å². The van der Waals surface area contributed by atoms with Gasteiger partial charge in [-0.25, -0.2) is 0 Å². The van der Waals surface area contributed by atoms with E-state index in [2.05, 4.69) is 55.2 Å². The highest BCUT2D eigenvalue weighted by atomic mass is 79.9. The van der Waals surface area contributed by atoms with Gasteiger partial charge in [0.2, 0.25) is 0 Å². The topological polar surface area (TPSA) is 0 Å². The van der Waals surface area contributed by atoms with Crippen molar-refractivity contribution in [3.8, 4) is 11.1 Å². The molecule has 0 bridgehead atoms. The van der Waals surface area contributed by atoms with Crippen molar-refractivity contribution in [1.29, 1.82) is 0 Å². The van der Waals surface area contributed by atoms with Gasteiger partial charge in [0.15, 0.2) is 0 Å². The molecule has 90 valence electrons. The Morgan fingerprint density at radius 1 is 0.789 bits per heavy atom. The SMILES string of the molecule is Bc1c(B)c(B)c(-c2cc(Cl)ccc2Br)c(B)c1B. The van der Waals surface area contributed by atoms with E-state index >= 15 is 0 Å². The Kier molecular flexibility index (Phi) is 4.32. The van der Waals surface area contributed by atoms with Crippen LogP contribution >= 0.6 is 27.5 Å². The summed E-state index contributed by atoms with van der Waals surface area (Å²) in [6.07, 6.45) is 0. The first-order valence-corrected chi connectivity index (χ1v) is 7.54. The minimum absolute atomic E-state index is 0.771. The van der Waals surface area contributed by atoms with E-state index in [1.165, 1.54) is 38.4 Å². The molecule has 0 aliphatic carbocycles. The molecule has 0 aliphatic heterocycles. The quantitative estimate of drug-likeness (QED) is 0.470. The molecular formula is C12H13B5BrCl. The Morgan fingerprint density at radius 3 is 1.79 bits per heavy atom. The van der Waals surface area contributed by atoms with E-state index in [0.29, 0.717) is 0 Å².